The number of aromatic nitrogens is 2. The summed E-state index contributed by atoms with van der Waals surface area (Å²) >= 11 is 0. The number of benzene rings is 1. The number of hydrogen-bond donors (Lipinski definition) is 1. The van der Waals surface area contributed by atoms with Crippen molar-refractivity contribution in [2.24, 2.45) is 0 Å². The number of carbonyl (C=O) groups is 1. The molecule has 2 rings (SSSR count). The van der Waals surface area contributed by atoms with Crippen molar-refractivity contribution in [1.29, 1.82) is 0 Å². The monoisotopic (exact) mass is 259 g/mol. The molecule has 1 aromatic heterocycles. The Balaban J connectivity index is 2.58. The van der Waals surface area contributed by atoms with Crippen molar-refractivity contribution >= 4 is 22.6 Å². The van der Waals surface area contributed by atoms with Gasteiger partial charge in [-0.05, 0) is 12.5 Å². The molecule has 0 aliphatic rings. The van der Waals surface area contributed by atoms with Crippen molar-refractivity contribution < 1.29 is 9.90 Å². The number of nitrogens with zero attached hydrogens (tertiary/aromatic N) is 3. The highest BCUT2D eigenvalue weighted by Crippen LogP contribution is 2.27. The summed E-state index contributed by atoms with van der Waals surface area (Å²) in [7, 11) is 1.89. The molecule has 5 nitrogen and oxygen atoms in total. The predicted octanol–water partition coefficient (Wildman–Crippen LogP) is 2.56. The molecule has 1 N–H and O–H groups in total. The third-order valence-electron chi connectivity index (χ3n) is 3.07. The molecule has 0 saturated carbocycles. The maximum Gasteiger partial charge on any atom is 0.358 e. The fourth-order valence-corrected chi connectivity index (χ4v) is 2.08. The molecule has 0 spiro atoms. The van der Waals surface area contributed by atoms with Gasteiger partial charge in [-0.15, -0.1) is 10.2 Å². The normalized spacial score (nSPS) is 10.6. The molecule has 0 atom stereocenters. The van der Waals surface area contributed by atoms with Gasteiger partial charge in [0.15, 0.2) is 5.69 Å². The van der Waals surface area contributed by atoms with E-state index in [9.17, 15) is 9.90 Å². The number of rotatable bonds is 5. The minimum Gasteiger partial charge on any atom is -0.476 e. The standard InChI is InChI=1S/C14H17N3O2/c1-3-4-9-17(2)13-10-7-5-6-8-11(10)15-16-12(13)14(18)19/h5-8H,3-4,9H2,1-2H3,(H,18,19). The van der Waals surface area contributed by atoms with Crippen LogP contribution in [-0.4, -0.2) is 34.9 Å². The van der Waals surface area contributed by atoms with Crippen LogP contribution < -0.4 is 4.90 Å². The summed E-state index contributed by atoms with van der Waals surface area (Å²) in [6.07, 6.45) is 2.06. The van der Waals surface area contributed by atoms with E-state index in [1.54, 1.807) is 0 Å². The molecule has 0 saturated heterocycles. The number of fused-ring (bicyclic) bond motifs is 1. The number of anilines is 1. The molecule has 0 aliphatic carbocycles. The van der Waals surface area contributed by atoms with Crippen molar-refractivity contribution in [3.05, 3.63) is 30.0 Å². The minimum atomic E-state index is -1.04. The van der Waals surface area contributed by atoms with Gasteiger partial charge in [-0.25, -0.2) is 4.79 Å². The van der Waals surface area contributed by atoms with Gasteiger partial charge in [-0.2, -0.15) is 0 Å². The Bertz CT molecular complexity index is 598. The second kappa shape index (κ2) is 5.65. The second-order valence-corrected chi connectivity index (χ2v) is 4.49. The highest BCUT2D eigenvalue weighted by atomic mass is 16.4. The van der Waals surface area contributed by atoms with Gasteiger partial charge in [0.05, 0.1) is 11.2 Å². The smallest absolute Gasteiger partial charge is 0.358 e. The van der Waals surface area contributed by atoms with Crippen LogP contribution in [0.3, 0.4) is 0 Å². The van der Waals surface area contributed by atoms with E-state index >= 15 is 0 Å². The van der Waals surface area contributed by atoms with Crippen LogP contribution in [0.1, 0.15) is 30.3 Å². The zero-order valence-corrected chi connectivity index (χ0v) is 11.1. The van der Waals surface area contributed by atoms with Crippen LogP contribution in [-0.2, 0) is 0 Å². The number of hydrogen-bond acceptors (Lipinski definition) is 4. The molecule has 0 bridgehead atoms. The highest BCUT2D eigenvalue weighted by molar-refractivity contribution is 6.02. The maximum atomic E-state index is 11.3. The Kier molecular flexibility index (Phi) is 3.94. The first-order chi connectivity index (χ1) is 9.15. The van der Waals surface area contributed by atoms with Crippen LogP contribution in [0, 0.1) is 0 Å². The third kappa shape index (κ3) is 2.65. The van der Waals surface area contributed by atoms with Crippen molar-refractivity contribution in [2.75, 3.05) is 18.5 Å². The van der Waals surface area contributed by atoms with E-state index < -0.39 is 5.97 Å². The van der Waals surface area contributed by atoms with Crippen molar-refractivity contribution in [3.8, 4) is 0 Å². The molecule has 1 heterocycles. The first-order valence-electron chi connectivity index (χ1n) is 6.35. The van der Waals surface area contributed by atoms with Crippen LogP contribution in [0.25, 0.3) is 10.9 Å². The van der Waals surface area contributed by atoms with Gasteiger partial charge in [0.2, 0.25) is 0 Å². The Hall–Kier alpha value is -2.17. The van der Waals surface area contributed by atoms with Gasteiger partial charge >= 0.3 is 5.97 Å². The summed E-state index contributed by atoms with van der Waals surface area (Å²) < 4.78 is 0. The topological polar surface area (TPSA) is 66.3 Å². The van der Waals surface area contributed by atoms with Crippen molar-refractivity contribution in [2.45, 2.75) is 19.8 Å². The van der Waals surface area contributed by atoms with Gasteiger partial charge < -0.3 is 10.0 Å². The molecular weight excluding hydrogens is 242 g/mol. The van der Waals surface area contributed by atoms with Gasteiger partial charge in [0, 0.05) is 19.0 Å². The van der Waals surface area contributed by atoms with Crippen molar-refractivity contribution in [3.63, 3.8) is 0 Å². The Morgan fingerprint density at radius 2 is 2.05 bits per heavy atom. The van der Waals surface area contributed by atoms with Crippen LogP contribution >= 0.6 is 0 Å². The Morgan fingerprint density at radius 1 is 1.32 bits per heavy atom. The molecule has 0 unspecified atom stereocenters. The fourth-order valence-electron chi connectivity index (χ4n) is 2.08. The predicted molar refractivity (Wildman–Crippen MR) is 74.7 cm³/mol. The van der Waals surface area contributed by atoms with Gasteiger partial charge in [0.25, 0.3) is 0 Å². The quantitative estimate of drug-likeness (QED) is 0.893. The van der Waals surface area contributed by atoms with Crippen LogP contribution in [0.5, 0.6) is 0 Å². The molecular formula is C14H17N3O2. The van der Waals surface area contributed by atoms with Crippen LogP contribution in [0.4, 0.5) is 5.69 Å². The number of unbranched alkanes of at least 4 members (excludes halogenated alkanes) is 1. The molecule has 0 fully saturated rings. The van der Waals surface area contributed by atoms with Gasteiger partial charge in [-0.1, -0.05) is 31.5 Å². The number of carboxylic acids is 1. The minimum absolute atomic E-state index is 0.0114. The molecule has 0 amide bonds. The lowest BCUT2D eigenvalue weighted by Gasteiger charge is -2.21. The fraction of sp³-hybridized carbons (Fsp3) is 0.357. The largest absolute Gasteiger partial charge is 0.476 e. The van der Waals surface area contributed by atoms with Crippen LogP contribution in [0.15, 0.2) is 24.3 Å². The lowest BCUT2D eigenvalue weighted by Crippen LogP contribution is -2.22. The molecule has 0 aliphatic heterocycles. The van der Waals surface area contributed by atoms with E-state index in [-0.39, 0.29) is 5.69 Å². The molecule has 5 heteroatoms. The van der Waals surface area contributed by atoms with E-state index in [1.807, 2.05) is 36.2 Å². The summed E-state index contributed by atoms with van der Waals surface area (Å²) in [5, 5.41) is 17.9. The summed E-state index contributed by atoms with van der Waals surface area (Å²) in [5.74, 6) is -1.04. The van der Waals surface area contributed by atoms with Crippen LogP contribution in [0.2, 0.25) is 0 Å². The number of carboxylic acid groups (broad SMARTS) is 1. The maximum absolute atomic E-state index is 11.3. The zero-order valence-electron chi connectivity index (χ0n) is 11.1. The molecule has 19 heavy (non-hydrogen) atoms. The van der Waals surface area contributed by atoms with E-state index in [1.165, 1.54) is 0 Å². The van der Waals surface area contributed by atoms with Gasteiger partial charge in [-0.3, -0.25) is 0 Å². The SMILES string of the molecule is CCCCN(C)c1c(C(=O)O)nnc2ccccc12. The van der Waals surface area contributed by atoms with E-state index in [4.69, 9.17) is 0 Å². The first-order valence-corrected chi connectivity index (χ1v) is 6.35. The third-order valence-corrected chi connectivity index (χ3v) is 3.07. The summed E-state index contributed by atoms with van der Waals surface area (Å²) in [6.45, 7) is 2.90. The zero-order chi connectivity index (χ0) is 13.8. The lowest BCUT2D eigenvalue weighted by atomic mass is 10.1. The van der Waals surface area contributed by atoms with Crippen molar-refractivity contribution in [1.82, 2.24) is 10.2 Å². The van der Waals surface area contributed by atoms with E-state index in [2.05, 4.69) is 17.1 Å². The average Bonchev–Trinajstić information content (AvgIpc) is 2.43. The van der Waals surface area contributed by atoms with E-state index in [0.29, 0.717) is 11.2 Å². The van der Waals surface area contributed by atoms with E-state index in [0.717, 1.165) is 24.8 Å². The molecule has 2 aromatic rings. The Morgan fingerprint density at radius 3 is 2.74 bits per heavy atom. The van der Waals surface area contributed by atoms with Gasteiger partial charge in [0.1, 0.15) is 0 Å². The first kappa shape index (κ1) is 13.3. The summed E-state index contributed by atoms with van der Waals surface area (Å²) in [5.41, 5.74) is 1.37. The lowest BCUT2D eigenvalue weighted by molar-refractivity contribution is 0.0690. The highest BCUT2D eigenvalue weighted by Gasteiger charge is 2.19. The second-order valence-electron chi connectivity index (χ2n) is 4.49. The summed E-state index contributed by atoms with van der Waals surface area (Å²) in [6, 6.07) is 7.47. The molecule has 0 radical (unpaired) electrons. The average molecular weight is 259 g/mol. The molecule has 1 aromatic carbocycles. The Labute approximate surface area is 111 Å². The molecule has 100 valence electrons. The number of aromatic carboxylic acids is 1. The summed E-state index contributed by atoms with van der Waals surface area (Å²) in [4.78, 5) is 13.3.